The van der Waals surface area contributed by atoms with Crippen LogP contribution in [0.15, 0.2) is 28.7 Å². The van der Waals surface area contributed by atoms with Crippen LogP contribution in [0.5, 0.6) is 0 Å². The Morgan fingerprint density at radius 3 is 2.56 bits per heavy atom. The standard InChI is InChI=1S/C12H19BrN2O/c1-14-7-12(16)9-15(2)8-10-3-5-11(13)6-4-10/h3-6,12,14,16H,7-9H2,1-2H3. The van der Waals surface area contributed by atoms with Crippen LogP contribution in [-0.4, -0.2) is 43.3 Å². The van der Waals surface area contributed by atoms with Gasteiger partial charge in [-0.1, -0.05) is 28.1 Å². The summed E-state index contributed by atoms with van der Waals surface area (Å²) in [4.78, 5) is 2.12. The molecule has 1 atom stereocenters. The normalized spacial score (nSPS) is 13.1. The van der Waals surface area contributed by atoms with Crippen LogP contribution in [0.3, 0.4) is 0 Å². The number of rotatable bonds is 6. The van der Waals surface area contributed by atoms with Gasteiger partial charge in [-0.05, 0) is 31.8 Å². The first-order valence-corrected chi connectivity index (χ1v) is 6.16. The van der Waals surface area contributed by atoms with Gasteiger partial charge in [-0.2, -0.15) is 0 Å². The summed E-state index contributed by atoms with van der Waals surface area (Å²) in [7, 11) is 3.86. The molecule has 0 radical (unpaired) electrons. The smallest absolute Gasteiger partial charge is 0.0791 e. The summed E-state index contributed by atoms with van der Waals surface area (Å²) < 4.78 is 1.09. The molecule has 0 aliphatic carbocycles. The largest absolute Gasteiger partial charge is 0.390 e. The van der Waals surface area contributed by atoms with Crippen LogP contribution in [0, 0.1) is 0 Å². The molecule has 1 rings (SSSR count). The van der Waals surface area contributed by atoms with Gasteiger partial charge in [0.05, 0.1) is 6.10 Å². The quantitative estimate of drug-likeness (QED) is 0.831. The number of hydrogen-bond donors (Lipinski definition) is 2. The Balaban J connectivity index is 2.39. The van der Waals surface area contributed by atoms with E-state index in [9.17, 15) is 5.11 Å². The van der Waals surface area contributed by atoms with E-state index < -0.39 is 0 Å². The van der Waals surface area contributed by atoms with Crippen LogP contribution in [0.25, 0.3) is 0 Å². The molecule has 0 aliphatic heterocycles. The Morgan fingerprint density at radius 1 is 1.38 bits per heavy atom. The molecule has 4 heteroatoms. The summed E-state index contributed by atoms with van der Waals surface area (Å²) in [5.41, 5.74) is 1.25. The first-order valence-electron chi connectivity index (χ1n) is 5.37. The van der Waals surface area contributed by atoms with Crippen LogP contribution in [0.2, 0.25) is 0 Å². The van der Waals surface area contributed by atoms with E-state index in [2.05, 4.69) is 38.3 Å². The Bertz CT molecular complexity index is 302. The fourth-order valence-electron chi connectivity index (χ4n) is 1.63. The number of nitrogens with zero attached hydrogens (tertiary/aromatic N) is 1. The van der Waals surface area contributed by atoms with Crippen molar-refractivity contribution in [2.24, 2.45) is 0 Å². The van der Waals surface area contributed by atoms with Crippen LogP contribution in [0.4, 0.5) is 0 Å². The average Bonchev–Trinajstić information content (AvgIpc) is 2.21. The minimum Gasteiger partial charge on any atom is -0.390 e. The molecule has 16 heavy (non-hydrogen) atoms. The minimum absolute atomic E-state index is 0.314. The van der Waals surface area contributed by atoms with Crippen LogP contribution >= 0.6 is 15.9 Å². The molecule has 0 aromatic heterocycles. The van der Waals surface area contributed by atoms with Gasteiger partial charge in [0.25, 0.3) is 0 Å². The lowest BCUT2D eigenvalue weighted by atomic mass is 10.2. The molecule has 0 bridgehead atoms. The first-order chi connectivity index (χ1) is 7.61. The van der Waals surface area contributed by atoms with Gasteiger partial charge in [-0.25, -0.2) is 0 Å². The van der Waals surface area contributed by atoms with E-state index in [1.807, 2.05) is 26.2 Å². The zero-order chi connectivity index (χ0) is 12.0. The molecular formula is C12H19BrN2O. The third-order valence-corrected chi connectivity index (χ3v) is 2.86. The molecule has 3 nitrogen and oxygen atoms in total. The van der Waals surface area contributed by atoms with Gasteiger partial charge in [0.2, 0.25) is 0 Å². The molecule has 1 unspecified atom stereocenters. The van der Waals surface area contributed by atoms with Crippen molar-refractivity contribution in [1.82, 2.24) is 10.2 Å². The van der Waals surface area contributed by atoms with Crippen molar-refractivity contribution < 1.29 is 5.11 Å². The lowest BCUT2D eigenvalue weighted by Gasteiger charge is -2.20. The maximum atomic E-state index is 9.63. The van der Waals surface area contributed by atoms with Crippen LogP contribution in [-0.2, 0) is 6.54 Å². The number of aliphatic hydroxyl groups is 1. The van der Waals surface area contributed by atoms with Crippen molar-refractivity contribution in [3.63, 3.8) is 0 Å². The predicted molar refractivity (Wildman–Crippen MR) is 70.4 cm³/mol. The van der Waals surface area contributed by atoms with E-state index in [-0.39, 0.29) is 6.10 Å². The summed E-state index contributed by atoms with van der Waals surface area (Å²) in [6.45, 7) is 2.16. The van der Waals surface area contributed by atoms with Gasteiger partial charge in [0.15, 0.2) is 0 Å². The van der Waals surface area contributed by atoms with E-state index in [0.717, 1.165) is 11.0 Å². The number of halogens is 1. The highest BCUT2D eigenvalue weighted by Gasteiger charge is 2.07. The summed E-state index contributed by atoms with van der Waals surface area (Å²) in [5, 5.41) is 12.6. The van der Waals surface area contributed by atoms with Gasteiger partial charge in [-0.15, -0.1) is 0 Å². The fourth-order valence-corrected chi connectivity index (χ4v) is 1.89. The molecule has 0 saturated carbocycles. The second-order valence-corrected chi connectivity index (χ2v) is 4.95. The highest BCUT2D eigenvalue weighted by Crippen LogP contribution is 2.11. The molecule has 0 saturated heterocycles. The molecule has 0 spiro atoms. The zero-order valence-corrected chi connectivity index (χ0v) is 11.4. The molecule has 90 valence electrons. The van der Waals surface area contributed by atoms with E-state index in [1.165, 1.54) is 5.56 Å². The molecule has 0 fully saturated rings. The van der Waals surface area contributed by atoms with Crippen molar-refractivity contribution >= 4 is 15.9 Å². The topological polar surface area (TPSA) is 35.5 Å². The van der Waals surface area contributed by atoms with Crippen LogP contribution in [0.1, 0.15) is 5.56 Å². The Morgan fingerprint density at radius 2 is 2.00 bits per heavy atom. The molecule has 0 amide bonds. The molecule has 0 aliphatic rings. The van der Waals surface area contributed by atoms with Crippen molar-refractivity contribution in [3.8, 4) is 0 Å². The first kappa shape index (κ1) is 13.6. The van der Waals surface area contributed by atoms with Gasteiger partial charge in [-0.3, -0.25) is 4.90 Å². The van der Waals surface area contributed by atoms with Crippen molar-refractivity contribution in [1.29, 1.82) is 0 Å². The lowest BCUT2D eigenvalue weighted by molar-refractivity contribution is 0.123. The second kappa shape index (κ2) is 7.01. The van der Waals surface area contributed by atoms with Crippen molar-refractivity contribution in [2.45, 2.75) is 12.6 Å². The van der Waals surface area contributed by atoms with Crippen LogP contribution < -0.4 is 5.32 Å². The second-order valence-electron chi connectivity index (χ2n) is 4.03. The highest BCUT2D eigenvalue weighted by molar-refractivity contribution is 9.10. The van der Waals surface area contributed by atoms with Gasteiger partial charge >= 0.3 is 0 Å². The Kier molecular flexibility index (Phi) is 5.98. The third kappa shape index (κ3) is 5.07. The Labute approximate surface area is 106 Å². The maximum absolute atomic E-state index is 9.63. The van der Waals surface area contributed by atoms with Gasteiger partial charge in [0.1, 0.15) is 0 Å². The molecule has 0 heterocycles. The highest BCUT2D eigenvalue weighted by atomic mass is 79.9. The summed E-state index contributed by atoms with van der Waals surface area (Å²) in [6, 6.07) is 8.25. The summed E-state index contributed by atoms with van der Waals surface area (Å²) in [5.74, 6) is 0. The number of likely N-dealkylation sites (N-methyl/N-ethyl adjacent to an activating group) is 2. The number of hydrogen-bond acceptors (Lipinski definition) is 3. The molecular weight excluding hydrogens is 268 g/mol. The number of benzene rings is 1. The lowest BCUT2D eigenvalue weighted by Crippen LogP contribution is -2.35. The van der Waals surface area contributed by atoms with E-state index >= 15 is 0 Å². The van der Waals surface area contributed by atoms with Gasteiger partial charge < -0.3 is 10.4 Å². The van der Waals surface area contributed by atoms with E-state index in [4.69, 9.17) is 0 Å². The summed E-state index contributed by atoms with van der Waals surface area (Å²) >= 11 is 3.41. The monoisotopic (exact) mass is 286 g/mol. The molecule has 1 aromatic carbocycles. The van der Waals surface area contributed by atoms with Crippen molar-refractivity contribution in [2.75, 3.05) is 27.2 Å². The number of aliphatic hydroxyl groups excluding tert-OH is 1. The van der Waals surface area contributed by atoms with Gasteiger partial charge in [0, 0.05) is 24.1 Å². The minimum atomic E-state index is -0.314. The third-order valence-electron chi connectivity index (χ3n) is 2.33. The fraction of sp³-hybridized carbons (Fsp3) is 0.500. The van der Waals surface area contributed by atoms with Crippen molar-refractivity contribution in [3.05, 3.63) is 34.3 Å². The zero-order valence-electron chi connectivity index (χ0n) is 9.78. The van der Waals surface area contributed by atoms with E-state index in [1.54, 1.807) is 0 Å². The molecule has 1 aromatic rings. The Hall–Kier alpha value is -0.420. The predicted octanol–water partition coefficient (Wildman–Crippen LogP) is 1.46. The number of nitrogens with one attached hydrogen (secondary N) is 1. The maximum Gasteiger partial charge on any atom is 0.0791 e. The SMILES string of the molecule is CNCC(O)CN(C)Cc1ccc(Br)cc1. The summed E-state index contributed by atoms with van der Waals surface area (Å²) in [6.07, 6.45) is -0.314. The molecule has 2 N–H and O–H groups in total. The van der Waals surface area contributed by atoms with E-state index in [0.29, 0.717) is 13.1 Å². The average molecular weight is 287 g/mol.